The number of anilines is 2. The second-order valence-electron chi connectivity index (χ2n) is 3.70. The first-order valence-corrected chi connectivity index (χ1v) is 7.24. The second-order valence-corrected chi connectivity index (χ2v) is 5.35. The van der Waals surface area contributed by atoms with E-state index in [-0.39, 0.29) is 10.7 Å². The number of nitrogens with zero attached hydrogens (tertiary/aromatic N) is 2. The van der Waals surface area contributed by atoms with E-state index in [2.05, 4.69) is 20.0 Å². The number of aromatic nitrogens is 2. The average Bonchev–Trinajstić information content (AvgIpc) is 2.40. The molecule has 100 valence electrons. The third-order valence-electron chi connectivity index (χ3n) is 2.31. The van der Waals surface area contributed by atoms with Gasteiger partial charge in [0.1, 0.15) is 16.5 Å². The summed E-state index contributed by atoms with van der Waals surface area (Å²) in [5.41, 5.74) is 0. The molecule has 0 atom stereocenters. The molecule has 0 spiro atoms. The lowest BCUT2D eigenvalue weighted by Gasteiger charge is -2.11. The van der Waals surface area contributed by atoms with Crippen LogP contribution in [0.15, 0.2) is 47.6 Å². The van der Waals surface area contributed by atoms with Crippen molar-refractivity contribution in [1.29, 1.82) is 0 Å². The lowest BCUT2D eigenvalue weighted by atomic mass is 10.4. The normalized spacial score (nSPS) is 11.0. The monoisotopic (exact) mass is 278 g/mol. The lowest BCUT2D eigenvalue weighted by Crippen LogP contribution is -2.16. The number of nitrogens with one attached hydrogen (secondary N) is 2. The van der Waals surface area contributed by atoms with Gasteiger partial charge in [-0.3, -0.25) is 4.72 Å². The van der Waals surface area contributed by atoms with E-state index in [4.69, 9.17) is 0 Å². The van der Waals surface area contributed by atoms with Crippen molar-refractivity contribution in [2.45, 2.75) is 11.8 Å². The van der Waals surface area contributed by atoms with E-state index >= 15 is 0 Å². The van der Waals surface area contributed by atoms with E-state index in [0.29, 0.717) is 12.4 Å². The maximum atomic E-state index is 12.3. The minimum absolute atomic E-state index is 0.0995. The molecule has 2 rings (SSSR count). The number of rotatable bonds is 5. The molecule has 0 aliphatic carbocycles. The molecule has 0 unspecified atom stereocenters. The molecule has 6 nitrogen and oxygen atoms in total. The van der Waals surface area contributed by atoms with Gasteiger partial charge < -0.3 is 5.32 Å². The Labute approximate surface area is 112 Å². The van der Waals surface area contributed by atoms with Crippen LogP contribution in [0.3, 0.4) is 0 Å². The molecule has 19 heavy (non-hydrogen) atoms. The molecular weight excluding hydrogens is 264 g/mol. The summed E-state index contributed by atoms with van der Waals surface area (Å²) in [6, 6.07) is 8.08. The molecule has 0 amide bonds. The molecule has 7 heteroatoms. The third-order valence-corrected chi connectivity index (χ3v) is 3.69. The standard InChI is InChI=1S/C12H14N4O2S/c1-2-13-12-10(6-5-9-15-12)19(17,18)16-11-7-3-4-8-14-11/h3-9H,2H2,1H3,(H,13,15)(H,14,16). The molecule has 0 fully saturated rings. The van der Waals surface area contributed by atoms with Gasteiger partial charge in [0.05, 0.1) is 0 Å². The number of pyridine rings is 2. The maximum Gasteiger partial charge on any atom is 0.266 e. The summed E-state index contributed by atoms with van der Waals surface area (Å²) < 4.78 is 26.9. The van der Waals surface area contributed by atoms with Gasteiger partial charge in [-0.25, -0.2) is 18.4 Å². The van der Waals surface area contributed by atoms with E-state index in [9.17, 15) is 8.42 Å². The highest BCUT2D eigenvalue weighted by Crippen LogP contribution is 2.20. The van der Waals surface area contributed by atoms with Crippen molar-refractivity contribution >= 4 is 21.7 Å². The predicted molar refractivity (Wildman–Crippen MR) is 73.4 cm³/mol. The highest BCUT2D eigenvalue weighted by atomic mass is 32.2. The maximum absolute atomic E-state index is 12.3. The van der Waals surface area contributed by atoms with Crippen LogP contribution in [0.25, 0.3) is 0 Å². The quantitative estimate of drug-likeness (QED) is 0.869. The Morgan fingerprint density at radius 3 is 2.58 bits per heavy atom. The van der Waals surface area contributed by atoms with Crippen molar-refractivity contribution in [3.05, 3.63) is 42.7 Å². The largest absolute Gasteiger partial charge is 0.369 e. The smallest absolute Gasteiger partial charge is 0.266 e. The molecule has 2 aromatic rings. The van der Waals surface area contributed by atoms with Crippen molar-refractivity contribution in [1.82, 2.24) is 9.97 Å². The molecule has 0 bridgehead atoms. The molecule has 0 aliphatic heterocycles. The molecule has 0 radical (unpaired) electrons. The van der Waals surface area contributed by atoms with Gasteiger partial charge in [-0.2, -0.15) is 0 Å². The fourth-order valence-corrected chi connectivity index (χ4v) is 2.67. The van der Waals surface area contributed by atoms with E-state index in [1.54, 1.807) is 24.3 Å². The summed E-state index contributed by atoms with van der Waals surface area (Å²) in [4.78, 5) is 8.06. The molecule has 0 saturated carbocycles. The first-order valence-electron chi connectivity index (χ1n) is 5.76. The molecule has 2 heterocycles. The SMILES string of the molecule is CCNc1ncccc1S(=O)(=O)Nc1ccccn1. The van der Waals surface area contributed by atoms with Crippen LogP contribution in [0.4, 0.5) is 11.6 Å². The highest BCUT2D eigenvalue weighted by molar-refractivity contribution is 7.92. The lowest BCUT2D eigenvalue weighted by molar-refractivity contribution is 0.601. The Morgan fingerprint density at radius 1 is 1.11 bits per heavy atom. The molecule has 0 aromatic carbocycles. The summed E-state index contributed by atoms with van der Waals surface area (Å²) >= 11 is 0. The van der Waals surface area contributed by atoms with Gasteiger partial charge in [-0.05, 0) is 31.2 Å². The van der Waals surface area contributed by atoms with Crippen LogP contribution in [0, 0.1) is 0 Å². The predicted octanol–water partition coefficient (Wildman–Crippen LogP) is 1.71. The van der Waals surface area contributed by atoms with Crippen molar-refractivity contribution in [3.63, 3.8) is 0 Å². The van der Waals surface area contributed by atoms with E-state index in [1.807, 2.05) is 6.92 Å². The van der Waals surface area contributed by atoms with Gasteiger partial charge in [0.2, 0.25) is 0 Å². The molecule has 2 aromatic heterocycles. The van der Waals surface area contributed by atoms with Gasteiger partial charge in [0.25, 0.3) is 10.0 Å². The van der Waals surface area contributed by atoms with E-state index in [1.165, 1.54) is 18.5 Å². The van der Waals surface area contributed by atoms with Crippen LogP contribution in [-0.2, 0) is 10.0 Å². The Bertz CT molecular complexity index is 644. The highest BCUT2D eigenvalue weighted by Gasteiger charge is 2.19. The fraction of sp³-hybridized carbons (Fsp3) is 0.167. The van der Waals surface area contributed by atoms with Crippen LogP contribution in [0.5, 0.6) is 0 Å². The molecule has 0 aliphatic rings. The number of hydrogen-bond acceptors (Lipinski definition) is 5. The average molecular weight is 278 g/mol. The van der Waals surface area contributed by atoms with E-state index in [0.717, 1.165) is 0 Å². The zero-order chi connectivity index (χ0) is 13.7. The van der Waals surface area contributed by atoms with Crippen LogP contribution in [0.1, 0.15) is 6.92 Å². The second kappa shape index (κ2) is 5.66. The number of hydrogen-bond donors (Lipinski definition) is 2. The fourth-order valence-electron chi connectivity index (χ4n) is 1.52. The Balaban J connectivity index is 2.35. The van der Waals surface area contributed by atoms with Gasteiger partial charge in [-0.1, -0.05) is 6.07 Å². The van der Waals surface area contributed by atoms with Crippen molar-refractivity contribution in [3.8, 4) is 0 Å². The summed E-state index contributed by atoms with van der Waals surface area (Å²) in [6.07, 6.45) is 3.06. The summed E-state index contributed by atoms with van der Waals surface area (Å²) in [5.74, 6) is 0.599. The molecule has 2 N–H and O–H groups in total. The summed E-state index contributed by atoms with van der Waals surface area (Å²) in [6.45, 7) is 2.46. The zero-order valence-corrected chi connectivity index (χ0v) is 11.2. The summed E-state index contributed by atoms with van der Waals surface area (Å²) in [5, 5.41) is 2.92. The van der Waals surface area contributed by atoms with Gasteiger partial charge in [0, 0.05) is 18.9 Å². The van der Waals surface area contributed by atoms with Crippen LogP contribution in [-0.4, -0.2) is 24.9 Å². The van der Waals surface area contributed by atoms with Gasteiger partial charge >= 0.3 is 0 Å². The first-order chi connectivity index (χ1) is 9.13. The van der Waals surface area contributed by atoms with Crippen molar-refractivity contribution in [2.75, 3.05) is 16.6 Å². The van der Waals surface area contributed by atoms with Crippen LogP contribution in [0.2, 0.25) is 0 Å². The van der Waals surface area contributed by atoms with Crippen molar-refractivity contribution in [2.24, 2.45) is 0 Å². The van der Waals surface area contributed by atoms with Crippen LogP contribution < -0.4 is 10.0 Å². The van der Waals surface area contributed by atoms with Crippen molar-refractivity contribution < 1.29 is 8.42 Å². The Kier molecular flexibility index (Phi) is 3.96. The Hall–Kier alpha value is -2.15. The summed E-state index contributed by atoms with van der Waals surface area (Å²) in [7, 11) is -3.70. The minimum atomic E-state index is -3.70. The Morgan fingerprint density at radius 2 is 1.89 bits per heavy atom. The zero-order valence-electron chi connectivity index (χ0n) is 10.4. The molecular formula is C12H14N4O2S. The first kappa shape index (κ1) is 13.3. The van der Waals surface area contributed by atoms with Gasteiger partial charge in [-0.15, -0.1) is 0 Å². The van der Waals surface area contributed by atoms with E-state index < -0.39 is 10.0 Å². The van der Waals surface area contributed by atoms with Crippen LogP contribution >= 0.6 is 0 Å². The third kappa shape index (κ3) is 3.19. The minimum Gasteiger partial charge on any atom is -0.369 e. The topological polar surface area (TPSA) is 84.0 Å². The number of sulfonamides is 1. The molecule has 0 saturated heterocycles. The van der Waals surface area contributed by atoms with Gasteiger partial charge in [0.15, 0.2) is 0 Å².